The molecule has 17 aromatic carbocycles. The molecule has 0 aliphatic heterocycles. The number of benzene rings is 17. The van der Waals surface area contributed by atoms with E-state index in [0.29, 0.717) is 0 Å². The topological polar surface area (TPSA) is 29.6 Å². The Labute approximate surface area is 622 Å². The van der Waals surface area contributed by atoms with Crippen molar-refractivity contribution >= 4 is 131 Å². The fourth-order valence-corrected chi connectivity index (χ4v) is 17.9. The summed E-state index contributed by atoms with van der Waals surface area (Å²) >= 11 is 0. The first-order chi connectivity index (χ1) is 53.7. The molecule has 0 spiro atoms. The molecule has 0 unspecified atom stereocenters. The molecule has 108 heavy (non-hydrogen) atoms. The zero-order valence-electron chi connectivity index (χ0n) is 58.8. The molecule has 0 aliphatic rings. The molecule has 6 nitrogen and oxygen atoms in total. The van der Waals surface area contributed by atoms with Crippen molar-refractivity contribution in [2.24, 2.45) is 0 Å². The van der Waals surface area contributed by atoms with Crippen molar-refractivity contribution in [2.45, 2.75) is 0 Å². The summed E-state index contributed by atoms with van der Waals surface area (Å²) in [5, 5.41) is 14.9. The summed E-state index contributed by atoms with van der Waals surface area (Å²) in [6, 6.07) is 146. The Morgan fingerprint density at radius 1 is 0.130 bits per heavy atom. The van der Waals surface area contributed by atoms with E-state index in [1.54, 1.807) is 0 Å². The van der Waals surface area contributed by atoms with E-state index in [2.05, 4.69) is 428 Å². The van der Waals surface area contributed by atoms with Gasteiger partial charge in [-0.2, -0.15) is 0 Å². The van der Waals surface area contributed by atoms with Crippen LogP contribution in [-0.2, 0) is 0 Å². The highest BCUT2D eigenvalue weighted by Crippen LogP contribution is 2.50. The molecule has 6 heteroatoms. The molecule has 0 saturated heterocycles. The van der Waals surface area contributed by atoms with Crippen LogP contribution < -0.4 is 0 Å². The van der Waals surface area contributed by atoms with Crippen molar-refractivity contribution < 1.29 is 0 Å². The Morgan fingerprint density at radius 2 is 0.361 bits per heavy atom. The van der Waals surface area contributed by atoms with Crippen molar-refractivity contribution in [3.05, 3.63) is 400 Å². The number of para-hydroxylation sites is 11. The molecular weight excluding hydrogens is 1310 g/mol. The van der Waals surface area contributed by atoms with E-state index >= 15 is 0 Å². The standard InChI is InChI=1S/C54H35N3.C48H31N3/c1-5-17-36(18-6-1)37-29-31-50-45(33-37)46-34-38(30-32-51(46)55(50)39-19-7-2-8-20-39)44-35-47-42-25-13-15-27-48(42)56(40-21-9-3-10-22-40)53(47)54-52(44)43-26-14-16-28-49(43)57(54)41-23-11-4-12-24-41;1-4-16-33(17-5-1)49-42-25-13-10-22-36(42)40-30-32(28-29-45(40)49)39-31-41-37-23-11-14-26-43(37)50(34-18-6-2-7-19-34)47(41)48-46(39)38-24-12-15-27-44(38)51(48)35-20-8-3-9-21-35/h1-35H;1-31H. The van der Waals surface area contributed by atoms with E-state index in [9.17, 15) is 0 Å². The second kappa shape index (κ2) is 24.6. The normalized spacial score (nSPS) is 11.9. The van der Waals surface area contributed by atoms with Crippen LogP contribution in [0, 0.1) is 0 Å². The summed E-state index contributed by atoms with van der Waals surface area (Å²) in [5.41, 5.74) is 28.6. The van der Waals surface area contributed by atoms with Crippen LogP contribution in [0.25, 0.3) is 198 Å². The van der Waals surface area contributed by atoms with Gasteiger partial charge in [0.15, 0.2) is 0 Å². The molecule has 0 saturated carbocycles. The van der Waals surface area contributed by atoms with Gasteiger partial charge in [0.1, 0.15) is 0 Å². The van der Waals surface area contributed by atoms with Gasteiger partial charge in [-0.25, -0.2) is 0 Å². The highest BCUT2D eigenvalue weighted by molar-refractivity contribution is 6.30. The molecule has 504 valence electrons. The minimum absolute atomic E-state index is 1.14. The Kier molecular flexibility index (Phi) is 13.9. The van der Waals surface area contributed by atoms with Crippen LogP contribution >= 0.6 is 0 Å². The smallest absolute Gasteiger partial charge is 0.0795 e. The van der Waals surface area contributed by atoms with Gasteiger partial charge < -0.3 is 27.4 Å². The summed E-state index contributed by atoms with van der Waals surface area (Å²) < 4.78 is 14.7. The molecule has 23 aromatic rings. The molecule has 23 rings (SSSR count). The number of aromatic nitrogens is 6. The van der Waals surface area contributed by atoms with Crippen molar-refractivity contribution in [2.75, 3.05) is 0 Å². The van der Waals surface area contributed by atoms with Gasteiger partial charge in [0.05, 0.1) is 66.2 Å². The molecule has 0 fully saturated rings. The Bertz CT molecular complexity index is 7490. The van der Waals surface area contributed by atoms with Gasteiger partial charge in [0.25, 0.3) is 0 Å². The molecular formula is C102H66N6. The van der Waals surface area contributed by atoms with Crippen LogP contribution in [0.4, 0.5) is 0 Å². The van der Waals surface area contributed by atoms with E-state index in [-0.39, 0.29) is 0 Å². The van der Waals surface area contributed by atoms with Crippen LogP contribution in [0.1, 0.15) is 0 Å². The highest BCUT2D eigenvalue weighted by Gasteiger charge is 2.28. The third-order valence-corrected chi connectivity index (χ3v) is 22.4. The van der Waals surface area contributed by atoms with E-state index in [1.165, 1.54) is 170 Å². The molecule has 0 aliphatic carbocycles. The lowest BCUT2D eigenvalue weighted by Gasteiger charge is -2.14. The van der Waals surface area contributed by atoms with Gasteiger partial charge >= 0.3 is 0 Å². The van der Waals surface area contributed by atoms with Gasteiger partial charge in [0.2, 0.25) is 0 Å². The van der Waals surface area contributed by atoms with Gasteiger partial charge in [-0.15, -0.1) is 0 Å². The second-order valence-electron chi connectivity index (χ2n) is 28.3. The molecule has 6 heterocycles. The van der Waals surface area contributed by atoms with Crippen molar-refractivity contribution in [3.63, 3.8) is 0 Å². The molecule has 0 bridgehead atoms. The fourth-order valence-electron chi connectivity index (χ4n) is 17.9. The van der Waals surface area contributed by atoms with Crippen molar-refractivity contribution in [3.8, 4) is 67.5 Å². The van der Waals surface area contributed by atoms with Crippen molar-refractivity contribution in [1.82, 2.24) is 27.4 Å². The second-order valence-corrected chi connectivity index (χ2v) is 28.3. The summed E-state index contributed by atoms with van der Waals surface area (Å²) in [6.07, 6.45) is 0. The average molecular weight is 1380 g/mol. The van der Waals surface area contributed by atoms with Gasteiger partial charge in [0, 0.05) is 98.8 Å². The largest absolute Gasteiger partial charge is 0.309 e. The predicted molar refractivity (Wildman–Crippen MR) is 455 cm³/mol. The quantitative estimate of drug-likeness (QED) is 0.138. The maximum Gasteiger partial charge on any atom is 0.0795 e. The number of fused-ring (bicyclic) bond motifs is 20. The molecule has 0 radical (unpaired) electrons. The molecule has 0 atom stereocenters. The fraction of sp³-hybridized carbons (Fsp3) is 0. The lowest BCUT2D eigenvalue weighted by molar-refractivity contribution is 1.15. The van der Waals surface area contributed by atoms with Crippen LogP contribution in [0.5, 0.6) is 0 Å². The minimum atomic E-state index is 1.14. The number of hydrogen-bond acceptors (Lipinski definition) is 0. The van der Waals surface area contributed by atoms with E-state index in [0.717, 1.165) is 28.4 Å². The lowest BCUT2D eigenvalue weighted by atomic mass is 9.95. The molecule has 0 N–H and O–H groups in total. The maximum atomic E-state index is 2.49. The van der Waals surface area contributed by atoms with E-state index in [1.807, 2.05) is 0 Å². The van der Waals surface area contributed by atoms with Gasteiger partial charge in [-0.1, -0.05) is 249 Å². The Morgan fingerprint density at radius 3 is 0.713 bits per heavy atom. The summed E-state index contributed by atoms with van der Waals surface area (Å²) in [4.78, 5) is 0. The first kappa shape index (κ1) is 61.1. The lowest BCUT2D eigenvalue weighted by Crippen LogP contribution is -1.99. The molecule has 6 aromatic heterocycles. The van der Waals surface area contributed by atoms with Crippen LogP contribution in [0.2, 0.25) is 0 Å². The Balaban J connectivity index is 0.000000135. The van der Waals surface area contributed by atoms with Crippen molar-refractivity contribution in [1.29, 1.82) is 0 Å². The van der Waals surface area contributed by atoms with E-state index in [4.69, 9.17) is 0 Å². The van der Waals surface area contributed by atoms with Crippen LogP contribution in [0.3, 0.4) is 0 Å². The average Bonchev–Trinajstić information content (AvgIpc) is 1.53. The third-order valence-electron chi connectivity index (χ3n) is 22.4. The number of rotatable bonds is 9. The minimum Gasteiger partial charge on any atom is -0.309 e. The maximum absolute atomic E-state index is 2.49. The first-order valence-electron chi connectivity index (χ1n) is 37.2. The van der Waals surface area contributed by atoms with Gasteiger partial charge in [-0.05, 0) is 185 Å². The van der Waals surface area contributed by atoms with Gasteiger partial charge in [-0.3, -0.25) is 0 Å². The van der Waals surface area contributed by atoms with Crippen LogP contribution in [-0.4, -0.2) is 27.4 Å². The summed E-state index contributed by atoms with van der Waals surface area (Å²) in [7, 11) is 0. The Hall–Kier alpha value is -14.5. The highest BCUT2D eigenvalue weighted by atomic mass is 15.1. The monoisotopic (exact) mass is 1370 g/mol. The first-order valence-corrected chi connectivity index (χ1v) is 37.2. The van der Waals surface area contributed by atoms with Crippen LogP contribution in [0.15, 0.2) is 400 Å². The molecule has 0 amide bonds. The number of nitrogens with zero attached hydrogens (tertiary/aromatic N) is 6. The van der Waals surface area contributed by atoms with E-state index < -0.39 is 0 Å². The SMILES string of the molecule is c1ccc(-c2ccc3c(c2)c2cc(-c4cc5c6ccccc6n(-c6ccccc6)c5c5c4c4ccccc4n5-c4ccccc4)ccc2n3-c2ccccc2)cc1.c1ccc(-n2c3ccccc3c3cc(-c4cc5c6ccccc6n(-c6ccccc6)c5c5c4c4ccccc4n5-c4ccccc4)ccc32)cc1. The number of hydrogen-bond donors (Lipinski definition) is 0. The third kappa shape index (κ3) is 9.33. The summed E-state index contributed by atoms with van der Waals surface area (Å²) in [6.45, 7) is 0. The zero-order chi connectivity index (χ0) is 70.9. The summed E-state index contributed by atoms with van der Waals surface area (Å²) in [5.74, 6) is 0. The zero-order valence-corrected chi connectivity index (χ0v) is 58.8. The predicted octanol–water partition coefficient (Wildman–Crippen LogP) is 27.0.